The molecule has 0 atom stereocenters. The first kappa shape index (κ1) is 19.4. The van der Waals surface area contributed by atoms with Crippen molar-refractivity contribution in [1.29, 1.82) is 0 Å². The fourth-order valence-corrected chi connectivity index (χ4v) is 4.57. The third-order valence-corrected chi connectivity index (χ3v) is 6.38. The van der Waals surface area contributed by atoms with Gasteiger partial charge in [-0.25, -0.2) is 4.98 Å². The van der Waals surface area contributed by atoms with Crippen LogP contribution in [0, 0.1) is 5.92 Å². The number of nitrogens with zero attached hydrogens (tertiary/aromatic N) is 5. The molecular weight excluding hydrogens is 350 g/mol. The number of hydrogen-bond acceptors (Lipinski definition) is 4. The fraction of sp³-hybridized carbons (Fsp3) is 0.682. The smallest absolute Gasteiger partial charge is 0.253 e. The van der Waals surface area contributed by atoms with Crippen LogP contribution in [-0.4, -0.2) is 37.3 Å². The molecule has 152 valence electrons. The molecule has 0 N–H and O–H groups in total. The first-order valence-electron chi connectivity index (χ1n) is 10.6. The van der Waals surface area contributed by atoms with Crippen molar-refractivity contribution in [3.63, 3.8) is 0 Å². The maximum absolute atomic E-state index is 12.5. The second kappa shape index (κ2) is 7.47. The molecule has 1 aliphatic heterocycles. The molecule has 2 aliphatic rings. The monoisotopic (exact) mass is 383 g/mol. The Balaban J connectivity index is 1.34. The molecule has 6 heteroatoms. The SMILES string of the molecule is Cn1nc2c(c1CN1CCC(Cn3cnc(C(C)(C)C)cc3=O)CC1)CCC2. The van der Waals surface area contributed by atoms with Crippen LogP contribution in [0.5, 0.6) is 0 Å². The van der Waals surface area contributed by atoms with E-state index in [9.17, 15) is 4.79 Å². The fourth-order valence-electron chi connectivity index (χ4n) is 4.57. The van der Waals surface area contributed by atoms with Crippen LogP contribution in [0.1, 0.15) is 62.7 Å². The van der Waals surface area contributed by atoms with Crippen LogP contribution in [0.15, 0.2) is 17.2 Å². The van der Waals surface area contributed by atoms with Crippen LogP contribution >= 0.6 is 0 Å². The molecule has 1 aliphatic carbocycles. The standard InChI is InChI=1S/C22H33N5O/c1-22(2,3)20-12-21(28)27(15-23-20)13-16-8-10-26(11-9-16)14-19-17-6-5-7-18(17)24-25(19)4/h12,15-16H,5-11,13-14H2,1-4H3. The summed E-state index contributed by atoms with van der Waals surface area (Å²) in [6.07, 6.45) is 7.59. The third kappa shape index (κ3) is 3.93. The molecule has 0 radical (unpaired) electrons. The lowest BCUT2D eigenvalue weighted by Crippen LogP contribution is -2.36. The van der Waals surface area contributed by atoms with Gasteiger partial charge in [0.25, 0.3) is 5.56 Å². The molecule has 1 saturated heterocycles. The molecule has 4 rings (SSSR count). The van der Waals surface area contributed by atoms with Crippen molar-refractivity contribution in [1.82, 2.24) is 24.2 Å². The van der Waals surface area contributed by atoms with E-state index in [-0.39, 0.29) is 11.0 Å². The highest BCUT2D eigenvalue weighted by Gasteiger charge is 2.25. The van der Waals surface area contributed by atoms with Gasteiger partial charge >= 0.3 is 0 Å². The van der Waals surface area contributed by atoms with E-state index < -0.39 is 0 Å². The minimum Gasteiger partial charge on any atom is -0.299 e. The molecule has 0 amide bonds. The van der Waals surface area contributed by atoms with Gasteiger partial charge in [-0.05, 0) is 56.7 Å². The summed E-state index contributed by atoms with van der Waals surface area (Å²) >= 11 is 0. The molecule has 0 bridgehead atoms. The van der Waals surface area contributed by atoms with Gasteiger partial charge in [0.05, 0.1) is 23.4 Å². The minimum atomic E-state index is -0.0877. The summed E-state index contributed by atoms with van der Waals surface area (Å²) in [6.45, 7) is 10.2. The topological polar surface area (TPSA) is 56.0 Å². The maximum Gasteiger partial charge on any atom is 0.253 e. The quantitative estimate of drug-likeness (QED) is 0.815. The lowest BCUT2D eigenvalue weighted by Gasteiger charge is -2.32. The molecule has 0 aromatic carbocycles. The Morgan fingerprint density at radius 1 is 1.18 bits per heavy atom. The largest absolute Gasteiger partial charge is 0.299 e. The van der Waals surface area contributed by atoms with Gasteiger partial charge < -0.3 is 0 Å². The number of rotatable bonds is 4. The summed E-state index contributed by atoms with van der Waals surface area (Å²) in [5, 5.41) is 4.71. The van der Waals surface area contributed by atoms with Gasteiger partial charge in [-0.3, -0.25) is 18.9 Å². The van der Waals surface area contributed by atoms with Crippen molar-refractivity contribution in [3.05, 3.63) is 45.4 Å². The first-order valence-corrected chi connectivity index (χ1v) is 10.6. The van der Waals surface area contributed by atoms with Crippen molar-refractivity contribution >= 4 is 0 Å². The molecule has 0 unspecified atom stereocenters. The van der Waals surface area contributed by atoms with Gasteiger partial charge in [0.15, 0.2) is 0 Å². The zero-order valence-corrected chi connectivity index (χ0v) is 17.7. The summed E-state index contributed by atoms with van der Waals surface area (Å²) in [7, 11) is 2.08. The highest BCUT2D eigenvalue weighted by atomic mass is 16.1. The van der Waals surface area contributed by atoms with Crippen molar-refractivity contribution in [2.75, 3.05) is 13.1 Å². The maximum atomic E-state index is 12.5. The van der Waals surface area contributed by atoms with Crippen LogP contribution in [0.25, 0.3) is 0 Å². The zero-order valence-electron chi connectivity index (χ0n) is 17.7. The third-order valence-electron chi connectivity index (χ3n) is 6.38. The molecule has 6 nitrogen and oxygen atoms in total. The molecular formula is C22H33N5O. The Morgan fingerprint density at radius 3 is 2.61 bits per heavy atom. The summed E-state index contributed by atoms with van der Waals surface area (Å²) < 4.78 is 3.89. The van der Waals surface area contributed by atoms with Gasteiger partial charge in [0.1, 0.15) is 0 Å². The Morgan fingerprint density at radius 2 is 1.93 bits per heavy atom. The molecule has 28 heavy (non-hydrogen) atoms. The van der Waals surface area contributed by atoms with Gasteiger partial charge in [-0.2, -0.15) is 5.10 Å². The van der Waals surface area contributed by atoms with Crippen LogP contribution in [0.3, 0.4) is 0 Å². The summed E-state index contributed by atoms with van der Waals surface area (Å²) in [5.74, 6) is 0.550. The van der Waals surface area contributed by atoms with Crippen molar-refractivity contribution in [3.8, 4) is 0 Å². The molecule has 2 aromatic rings. The van der Waals surface area contributed by atoms with Crippen LogP contribution in [-0.2, 0) is 38.4 Å². The Hall–Kier alpha value is -1.95. The first-order chi connectivity index (χ1) is 13.3. The molecule has 1 fully saturated rings. The van der Waals surface area contributed by atoms with E-state index in [2.05, 4.69) is 42.4 Å². The Labute approximate surface area is 167 Å². The number of aryl methyl sites for hydroxylation is 2. The predicted octanol–water partition coefficient (Wildman–Crippen LogP) is 2.68. The van der Waals surface area contributed by atoms with Crippen LogP contribution in [0.2, 0.25) is 0 Å². The number of hydrogen-bond donors (Lipinski definition) is 0. The van der Waals surface area contributed by atoms with Gasteiger partial charge in [0.2, 0.25) is 0 Å². The summed E-state index contributed by atoms with van der Waals surface area (Å²) in [5.41, 5.74) is 5.08. The van der Waals surface area contributed by atoms with E-state index >= 15 is 0 Å². The van der Waals surface area contributed by atoms with E-state index in [1.54, 1.807) is 17.0 Å². The highest BCUT2D eigenvalue weighted by molar-refractivity contribution is 5.30. The van der Waals surface area contributed by atoms with Gasteiger partial charge in [0, 0.05) is 31.6 Å². The molecule has 0 spiro atoms. The van der Waals surface area contributed by atoms with Gasteiger partial charge in [-0.15, -0.1) is 0 Å². The Kier molecular flexibility index (Phi) is 5.17. The second-order valence-electron chi connectivity index (χ2n) is 9.58. The van der Waals surface area contributed by atoms with Crippen molar-refractivity contribution in [2.24, 2.45) is 13.0 Å². The minimum absolute atomic E-state index is 0.0767. The molecule has 0 saturated carbocycles. The summed E-state index contributed by atoms with van der Waals surface area (Å²) in [4.78, 5) is 19.6. The van der Waals surface area contributed by atoms with E-state index in [1.165, 1.54) is 29.8 Å². The lowest BCUT2D eigenvalue weighted by atomic mass is 9.92. The van der Waals surface area contributed by atoms with E-state index in [4.69, 9.17) is 5.10 Å². The number of fused-ring (bicyclic) bond motifs is 1. The highest BCUT2D eigenvalue weighted by Crippen LogP contribution is 2.27. The van der Waals surface area contributed by atoms with E-state index in [0.717, 1.165) is 51.1 Å². The van der Waals surface area contributed by atoms with Crippen LogP contribution < -0.4 is 5.56 Å². The van der Waals surface area contributed by atoms with Crippen molar-refractivity contribution < 1.29 is 0 Å². The average Bonchev–Trinajstić information content (AvgIpc) is 3.20. The summed E-state index contributed by atoms with van der Waals surface area (Å²) in [6, 6.07) is 1.71. The normalized spacial score (nSPS) is 18.6. The molecule has 3 heterocycles. The Bertz CT molecular complexity index is 897. The predicted molar refractivity (Wildman–Crippen MR) is 110 cm³/mol. The molecule has 2 aromatic heterocycles. The second-order valence-corrected chi connectivity index (χ2v) is 9.58. The van der Waals surface area contributed by atoms with Crippen molar-refractivity contribution in [2.45, 2.75) is 71.4 Å². The number of likely N-dealkylation sites (tertiary alicyclic amines) is 1. The average molecular weight is 384 g/mol. The van der Waals surface area contributed by atoms with E-state index in [0.29, 0.717) is 5.92 Å². The van der Waals surface area contributed by atoms with E-state index in [1.807, 2.05) is 0 Å². The number of piperidine rings is 1. The van der Waals surface area contributed by atoms with Gasteiger partial charge in [-0.1, -0.05) is 20.8 Å². The number of aromatic nitrogens is 4. The lowest BCUT2D eigenvalue weighted by molar-refractivity contribution is 0.162. The zero-order chi connectivity index (χ0) is 19.9. The van der Waals surface area contributed by atoms with Crippen LogP contribution in [0.4, 0.5) is 0 Å².